The van der Waals surface area contributed by atoms with Crippen LogP contribution in [0.4, 0.5) is 10.5 Å². The highest BCUT2D eigenvalue weighted by atomic mass is 79.9. The maximum atomic E-state index is 12.4. The van der Waals surface area contributed by atoms with Gasteiger partial charge in [0.1, 0.15) is 5.75 Å². The van der Waals surface area contributed by atoms with Crippen LogP contribution in [-0.2, 0) is 4.79 Å². The molecule has 1 saturated heterocycles. The van der Waals surface area contributed by atoms with Gasteiger partial charge in [0.2, 0.25) is 0 Å². The number of piperazine rings is 1. The van der Waals surface area contributed by atoms with Crippen molar-refractivity contribution in [2.24, 2.45) is 0 Å². The standard InChI is InChI=1S/C19H19BrClN3O3/c20-16-12-14(21)6-7-17(16)27-13-18(25)23-8-10-24(11-9-23)19(26)22-15-4-2-1-3-5-15/h1-7,12H,8-11,13H2,(H,22,26). The smallest absolute Gasteiger partial charge is 0.321 e. The predicted molar refractivity (Wildman–Crippen MR) is 108 cm³/mol. The Balaban J connectivity index is 1.45. The molecule has 0 aliphatic carbocycles. The van der Waals surface area contributed by atoms with Gasteiger partial charge in [-0.3, -0.25) is 4.79 Å². The minimum absolute atomic E-state index is 0.0591. The molecule has 0 spiro atoms. The van der Waals surface area contributed by atoms with Gasteiger partial charge >= 0.3 is 6.03 Å². The molecular formula is C19H19BrClN3O3. The lowest BCUT2D eigenvalue weighted by Gasteiger charge is -2.34. The number of nitrogens with zero attached hydrogens (tertiary/aromatic N) is 2. The molecule has 3 rings (SSSR count). The molecule has 2 aromatic rings. The number of nitrogens with one attached hydrogen (secondary N) is 1. The van der Waals surface area contributed by atoms with Crippen LogP contribution in [0.5, 0.6) is 5.75 Å². The molecule has 2 aromatic carbocycles. The maximum absolute atomic E-state index is 12.4. The van der Waals surface area contributed by atoms with Crippen LogP contribution in [0.3, 0.4) is 0 Å². The molecule has 0 aromatic heterocycles. The van der Waals surface area contributed by atoms with Gasteiger partial charge in [0.05, 0.1) is 4.47 Å². The van der Waals surface area contributed by atoms with E-state index >= 15 is 0 Å². The Bertz CT molecular complexity index is 811. The summed E-state index contributed by atoms with van der Waals surface area (Å²) in [6, 6.07) is 14.3. The number of hydrogen-bond acceptors (Lipinski definition) is 3. The first kappa shape index (κ1) is 19.5. The molecule has 1 heterocycles. The van der Waals surface area contributed by atoms with Crippen LogP contribution in [-0.4, -0.2) is 54.5 Å². The van der Waals surface area contributed by atoms with Gasteiger partial charge in [-0.25, -0.2) is 4.79 Å². The van der Waals surface area contributed by atoms with Gasteiger partial charge in [0.15, 0.2) is 6.61 Å². The lowest BCUT2D eigenvalue weighted by molar-refractivity contribution is -0.134. The van der Waals surface area contributed by atoms with E-state index in [2.05, 4.69) is 21.2 Å². The number of benzene rings is 2. The number of anilines is 1. The fourth-order valence-electron chi connectivity index (χ4n) is 2.71. The number of ether oxygens (including phenoxy) is 1. The fourth-order valence-corrected chi connectivity index (χ4v) is 3.50. The van der Waals surface area contributed by atoms with E-state index in [-0.39, 0.29) is 18.5 Å². The molecule has 6 nitrogen and oxygen atoms in total. The number of rotatable bonds is 4. The Labute approximate surface area is 171 Å². The Morgan fingerprint density at radius 3 is 2.37 bits per heavy atom. The van der Waals surface area contributed by atoms with E-state index in [1.807, 2.05) is 30.3 Å². The van der Waals surface area contributed by atoms with E-state index in [9.17, 15) is 9.59 Å². The molecule has 0 unspecified atom stereocenters. The third-order valence-electron chi connectivity index (χ3n) is 4.19. The Morgan fingerprint density at radius 1 is 1.04 bits per heavy atom. The molecule has 3 amide bonds. The first-order valence-electron chi connectivity index (χ1n) is 8.49. The molecule has 1 aliphatic heterocycles. The zero-order chi connectivity index (χ0) is 19.2. The molecule has 8 heteroatoms. The summed E-state index contributed by atoms with van der Waals surface area (Å²) in [7, 11) is 0. The molecular weight excluding hydrogens is 434 g/mol. The monoisotopic (exact) mass is 451 g/mol. The Hall–Kier alpha value is -2.25. The van der Waals surface area contributed by atoms with Crippen LogP contribution in [0.15, 0.2) is 53.0 Å². The largest absolute Gasteiger partial charge is 0.483 e. The second kappa shape index (κ2) is 9.10. The van der Waals surface area contributed by atoms with Crippen molar-refractivity contribution >= 4 is 45.2 Å². The molecule has 1 aliphatic rings. The van der Waals surface area contributed by atoms with Gasteiger partial charge in [0.25, 0.3) is 5.91 Å². The van der Waals surface area contributed by atoms with Gasteiger partial charge in [-0.1, -0.05) is 29.8 Å². The number of hydrogen-bond donors (Lipinski definition) is 1. The summed E-state index contributed by atoms with van der Waals surface area (Å²) in [5, 5.41) is 3.44. The van der Waals surface area contributed by atoms with E-state index in [4.69, 9.17) is 16.3 Å². The maximum Gasteiger partial charge on any atom is 0.321 e. The van der Waals surface area contributed by atoms with Crippen molar-refractivity contribution in [3.63, 3.8) is 0 Å². The van der Waals surface area contributed by atoms with Crippen LogP contribution in [0, 0.1) is 0 Å². The predicted octanol–water partition coefficient (Wildman–Crippen LogP) is 3.86. The molecule has 0 saturated carbocycles. The summed E-state index contributed by atoms with van der Waals surface area (Å²) in [6.45, 7) is 1.86. The summed E-state index contributed by atoms with van der Waals surface area (Å²) >= 11 is 9.25. The summed E-state index contributed by atoms with van der Waals surface area (Å²) in [5.74, 6) is 0.452. The third kappa shape index (κ3) is 5.37. The van der Waals surface area contributed by atoms with E-state index in [1.54, 1.807) is 28.0 Å². The first-order valence-corrected chi connectivity index (χ1v) is 9.66. The van der Waals surface area contributed by atoms with Crippen molar-refractivity contribution in [1.82, 2.24) is 9.80 Å². The van der Waals surface area contributed by atoms with Crippen molar-refractivity contribution in [3.8, 4) is 5.75 Å². The van der Waals surface area contributed by atoms with E-state index in [0.29, 0.717) is 41.4 Å². The van der Waals surface area contributed by atoms with Crippen LogP contribution in [0.1, 0.15) is 0 Å². The zero-order valence-corrected chi connectivity index (χ0v) is 16.9. The van der Waals surface area contributed by atoms with Gasteiger partial charge in [-0.2, -0.15) is 0 Å². The number of halogens is 2. The molecule has 1 fully saturated rings. The van der Waals surface area contributed by atoms with Crippen LogP contribution in [0.2, 0.25) is 5.02 Å². The van der Waals surface area contributed by atoms with Crippen LogP contribution in [0.25, 0.3) is 0 Å². The van der Waals surface area contributed by atoms with Crippen molar-refractivity contribution in [3.05, 3.63) is 58.0 Å². The summed E-state index contributed by atoms with van der Waals surface area (Å²) in [4.78, 5) is 28.1. The number of para-hydroxylation sites is 1. The molecule has 0 atom stereocenters. The average molecular weight is 453 g/mol. The second-order valence-corrected chi connectivity index (χ2v) is 7.32. The quantitative estimate of drug-likeness (QED) is 0.766. The summed E-state index contributed by atoms with van der Waals surface area (Å²) < 4.78 is 6.27. The third-order valence-corrected chi connectivity index (χ3v) is 5.04. The minimum atomic E-state index is -0.158. The zero-order valence-electron chi connectivity index (χ0n) is 14.5. The number of carbonyl (C=O) groups excluding carboxylic acids is 2. The van der Waals surface area contributed by atoms with Gasteiger partial charge in [0, 0.05) is 36.9 Å². The van der Waals surface area contributed by atoms with Gasteiger partial charge in [-0.15, -0.1) is 0 Å². The topological polar surface area (TPSA) is 61.9 Å². The van der Waals surface area contributed by atoms with Crippen molar-refractivity contribution < 1.29 is 14.3 Å². The van der Waals surface area contributed by atoms with E-state index in [1.165, 1.54) is 0 Å². The van der Waals surface area contributed by atoms with Gasteiger partial charge in [-0.05, 0) is 46.3 Å². The number of carbonyl (C=O) groups is 2. The van der Waals surface area contributed by atoms with E-state index < -0.39 is 0 Å². The van der Waals surface area contributed by atoms with E-state index in [0.717, 1.165) is 5.69 Å². The molecule has 0 radical (unpaired) electrons. The van der Waals surface area contributed by atoms with Crippen molar-refractivity contribution in [1.29, 1.82) is 0 Å². The summed E-state index contributed by atoms with van der Waals surface area (Å²) in [5.41, 5.74) is 0.753. The highest BCUT2D eigenvalue weighted by molar-refractivity contribution is 9.10. The highest BCUT2D eigenvalue weighted by Gasteiger charge is 2.24. The van der Waals surface area contributed by atoms with Gasteiger partial charge < -0.3 is 19.9 Å². The lowest BCUT2D eigenvalue weighted by atomic mass is 10.3. The number of amides is 3. The highest BCUT2D eigenvalue weighted by Crippen LogP contribution is 2.28. The lowest BCUT2D eigenvalue weighted by Crippen LogP contribution is -2.52. The number of urea groups is 1. The van der Waals surface area contributed by atoms with Crippen molar-refractivity contribution in [2.75, 3.05) is 38.1 Å². The van der Waals surface area contributed by atoms with Crippen LogP contribution < -0.4 is 10.1 Å². The fraction of sp³-hybridized carbons (Fsp3) is 0.263. The Kier molecular flexibility index (Phi) is 6.58. The van der Waals surface area contributed by atoms with Crippen LogP contribution >= 0.6 is 27.5 Å². The summed E-state index contributed by atoms with van der Waals surface area (Å²) in [6.07, 6.45) is 0. The molecule has 0 bridgehead atoms. The average Bonchev–Trinajstić information content (AvgIpc) is 2.68. The SMILES string of the molecule is O=C(COc1ccc(Cl)cc1Br)N1CCN(C(=O)Nc2ccccc2)CC1. The molecule has 1 N–H and O–H groups in total. The molecule has 142 valence electrons. The second-order valence-electron chi connectivity index (χ2n) is 6.03. The molecule has 27 heavy (non-hydrogen) atoms. The first-order chi connectivity index (χ1) is 13.0. The minimum Gasteiger partial charge on any atom is -0.483 e. The van der Waals surface area contributed by atoms with Crippen molar-refractivity contribution in [2.45, 2.75) is 0 Å². The normalized spacial score (nSPS) is 14.0. The Morgan fingerprint density at radius 2 is 1.70 bits per heavy atom.